The first-order valence-corrected chi connectivity index (χ1v) is 6.10. The SMILES string of the molecule is Cc1cc(Sc2cc(C(F)(F)F)cc(N)n2)n(C)n1. The third-order valence-corrected chi connectivity index (χ3v) is 3.33. The summed E-state index contributed by atoms with van der Waals surface area (Å²) in [5, 5.41) is 5.00. The van der Waals surface area contributed by atoms with Gasteiger partial charge in [0.2, 0.25) is 0 Å². The van der Waals surface area contributed by atoms with Gasteiger partial charge in [0, 0.05) is 7.05 Å². The van der Waals surface area contributed by atoms with Crippen LogP contribution >= 0.6 is 11.8 Å². The molecule has 0 aliphatic rings. The number of nitrogens with two attached hydrogens (primary N) is 1. The van der Waals surface area contributed by atoms with Gasteiger partial charge in [-0.05, 0) is 25.1 Å². The molecule has 102 valence electrons. The lowest BCUT2D eigenvalue weighted by Crippen LogP contribution is -2.07. The number of pyridine rings is 1. The second-order valence-corrected chi connectivity index (χ2v) is 5.01. The van der Waals surface area contributed by atoms with E-state index in [-0.39, 0.29) is 10.8 Å². The first-order chi connectivity index (χ1) is 8.75. The number of aryl methyl sites for hydroxylation is 2. The molecule has 0 spiro atoms. The highest BCUT2D eigenvalue weighted by molar-refractivity contribution is 7.99. The predicted molar refractivity (Wildman–Crippen MR) is 65.7 cm³/mol. The zero-order valence-electron chi connectivity index (χ0n) is 10.2. The van der Waals surface area contributed by atoms with Crippen molar-refractivity contribution in [2.45, 2.75) is 23.2 Å². The van der Waals surface area contributed by atoms with Crippen molar-refractivity contribution in [3.05, 3.63) is 29.5 Å². The van der Waals surface area contributed by atoms with Crippen LogP contribution in [0.25, 0.3) is 0 Å². The molecule has 2 aromatic heterocycles. The molecule has 4 nitrogen and oxygen atoms in total. The van der Waals surface area contributed by atoms with Crippen molar-refractivity contribution in [2.24, 2.45) is 7.05 Å². The van der Waals surface area contributed by atoms with Crippen LogP contribution in [-0.4, -0.2) is 14.8 Å². The summed E-state index contributed by atoms with van der Waals surface area (Å²) < 4.78 is 39.6. The Morgan fingerprint density at radius 1 is 1.26 bits per heavy atom. The Hall–Kier alpha value is -1.70. The van der Waals surface area contributed by atoms with Gasteiger partial charge in [-0.3, -0.25) is 4.68 Å². The van der Waals surface area contributed by atoms with Crippen LogP contribution < -0.4 is 5.73 Å². The molecule has 0 aliphatic heterocycles. The number of rotatable bonds is 2. The highest BCUT2D eigenvalue weighted by Crippen LogP contribution is 2.34. The molecule has 0 saturated carbocycles. The smallest absolute Gasteiger partial charge is 0.384 e. The van der Waals surface area contributed by atoms with Crippen molar-refractivity contribution >= 4 is 17.6 Å². The molecule has 2 heterocycles. The molecular formula is C11H11F3N4S. The minimum Gasteiger partial charge on any atom is -0.384 e. The van der Waals surface area contributed by atoms with Crippen molar-refractivity contribution in [2.75, 3.05) is 5.73 Å². The molecule has 2 rings (SSSR count). The summed E-state index contributed by atoms with van der Waals surface area (Å²) in [4.78, 5) is 3.89. The Kier molecular flexibility index (Phi) is 3.44. The average Bonchev–Trinajstić information content (AvgIpc) is 2.55. The Morgan fingerprint density at radius 3 is 2.47 bits per heavy atom. The monoisotopic (exact) mass is 288 g/mol. The number of hydrogen-bond donors (Lipinski definition) is 1. The van der Waals surface area contributed by atoms with Gasteiger partial charge in [0.25, 0.3) is 0 Å². The van der Waals surface area contributed by atoms with Crippen molar-refractivity contribution in [3.63, 3.8) is 0 Å². The summed E-state index contributed by atoms with van der Waals surface area (Å²) >= 11 is 1.09. The van der Waals surface area contributed by atoms with E-state index in [1.165, 1.54) is 0 Å². The molecule has 0 saturated heterocycles. The fourth-order valence-corrected chi connectivity index (χ4v) is 2.48. The number of alkyl halides is 3. The van der Waals surface area contributed by atoms with Crippen LogP contribution in [-0.2, 0) is 13.2 Å². The Balaban J connectivity index is 2.35. The van der Waals surface area contributed by atoms with Crippen LogP contribution in [0.5, 0.6) is 0 Å². The van der Waals surface area contributed by atoms with Gasteiger partial charge in [0.05, 0.1) is 11.3 Å². The van der Waals surface area contributed by atoms with Crippen molar-refractivity contribution < 1.29 is 13.2 Å². The van der Waals surface area contributed by atoms with E-state index in [9.17, 15) is 13.2 Å². The van der Waals surface area contributed by atoms with Crippen LogP contribution in [0.4, 0.5) is 19.0 Å². The summed E-state index contributed by atoms with van der Waals surface area (Å²) in [6, 6.07) is 3.56. The van der Waals surface area contributed by atoms with Gasteiger partial charge in [0.1, 0.15) is 15.9 Å². The second kappa shape index (κ2) is 4.76. The third kappa shape index (κ3) is 3.19. The molecule has 0 aliphatic carbocycles. The Bertz CT molecular complexity index is 606. The summed E-state index contributed by atoms with van der Waals surface area (Å²) in [7, 11) is 1.71. The molecule has 0 unspecified atom stereocenters. The van der Waals surface area contributed by atoms with Crippen LogP contribution in [0.2, 0.25) is 0 Å². The Labute approximate surface area is 111 Å². The standard InChI is InChI=1S/C11H11F3N4S/c1-6-3-10(18(2)17-6)19-9-5-7(11(12,13)14)4-8(15)16-9/h3-5H,1-2H3,(H2,15,16). The molecular weight excluding hydrogens is 277 g/mol. The predicted octanol–water partition coefficient (Wildman–Crippen LogP) is 2.88. The molecule has 0 fully saturated rings. The summed E-state index contributed by atoms with van der Waals surface area (Å²) in [6.07, 6.45) is -4.44. The van der Waals surface area contributed by atoms with Crippen molar-refractivity contribution in [3.8, 4) is 0 Å². The lowest BCUT2D eigenvalue weighted by Gasteiger charge is -2.09. The quantitative estimate of drug-likeness (QED) is 0.923. The maximum Gasteiger partial charge on any atom is 0.416 e. The van der Waals surface area contributed by atoms with E-state index < -0.39 is 11.7 Å². The number of nitrogen functional groups attached to an aromatic ring is 1. The van der Waals surface area contributed by atoms with E-state index in [0.717, 1.165) is 29.6 Å². The number of anilines is 1. The van der Waals surface area contributed by atoms with E-state index in [2.05, 4.69) is 10.1 Å². The van der Waals surface area contributed by atoms with Crippen LogP contribution in [0, 0.1) is 6.92 Å². The molecule has 2 aromatic rings. The topological polar surface area (TPSA) is 56.7 Å². The zero-order valence-corrected chi connectivity index (χ0v) is 11.0. The van der Waals surface area contributed by atoms with Crippen molar-refractivity contribution in [1.82, 2.24) is 14.8 Å². The fraction of sp³-hybridized carbons (Fsp3) is 0.273. The van der Waals surface area contributed by atoms with E-state index >= 15 is 0 Å². The van der Waals surface area contributed by atoms with E-state index in [1.54, 1.807) is 24.7 Å². The van der Waals surface area contributed by atoms with Crippen LogP contribution in [0.1, 0.15) is 11.3 Å². The summed E-state index contributed by atoms with van der Waals surface area (Å²) in [5.74, 6) is -0.156. The van der Waals surface area contributed by atoms with Gasteiger partial charge in [-0.1, -0.05) is 11.8 Å². The molecule has 8 heteroatoms. The lowest BCUT2D eigenvalue weighted by atomic mass is 10.2. The maximum absolute atomic E-state index is 12.7. The van der Waals surface area contributed by atoms with Gasteiger partial charge in [0.15, 0.2) is 0 Å². The van der Waals surface area contributed by atoms with Gasteiger partial charge in [-0.25, -0.2) is 4.98 Å². The highest BCUT2D eigenvalue weighted by atomic mass is 32.2. The van der Waals surface area contributed by atoms with E-state index in [0.29, 0.717) is 5.03 Å². The number of aromatic nitrogens is 3. The fourth-order valence-electron chi connectivity index (χ4n) is 1.53. The number of halogens is 3. The number of hydrogen-bond acceptors (Lipinski definition) is 4. The molecule has 0 bridgehead atoms. The number of nitrogens with zero attached hydrogens (tertiary/aromatic N) is 3. The summed E-state index contributed by atoms with van der Waals surface area (Å²) in [5.41, 5.74) is 5.38. The summed E-state index contributed by atoms with van der Waals surface area (Å²) in [6.45, 7) is 1.80. The van der Waals surface area contributed by atoms with Crippen LogP contribution in [0.3, 0.4) is 0 Å². The highest BCUT2D eigenvalue weighted by Gasteiger charge is 2.31. The van der Waals surface area contributed by atoms with Gasteiger partial charge >= 0.3 is 6.18 Å². The van der Waals surface area contributed by atoms with Gasteiger partial charge in [-0.15, -0.1) is 0 Å². The average molecular weight is 288 g/mol. The van der Waals surface area contributed by atoms with Crippen LogP contribution in [0.15, 0.2) is 28.3 Å². The molecule has 2 N–H and O–H groups in total. The van der Waals surface area contributed by atoms with Gasteiger partial charge in [-0.2, -0.15) is 18.3 Å². The van der Waals surface area contributed by atoms with Crippen molar-refractivity contribution in [1.29, 1.82) is 0 Å². The zero-order chi connectivity index (χ0) is 14.2. The van der Waals surface area contributed by atoms with E-state index in [4.69, 9.17) is 5.73 Å². The Morgan fingerprint density at radius 2 is 1.95 bits per heavy atom. The molecule has 0 aromatic carbocycles. The maximum atomic E-state index is 12.7. The van der Waals surface area contributed by atoms with Gasteiger partial charge < -0.3 is 5.73 Å². The normalized spacial score (nSPS) is 11.8. The molecule has 0 atom stereocenters. The molecule has 0 amide bonds. The molecule has 19 heavy (non-hydrogen) atoms. The lowest BCUT2D eigenvalue weighted by molar-refractivity contribution is -0.137. The minimum absolute atomic E-state index is 0.156. The minimum atomic E-state index is -4.44. The van der Waals surface area contributed by atoms with E-state index in [1.807, 2.05) is 0 Å². The largest absolute Gasteiger partial charge is 0.416 e. The first kappa shape index (κ1) is 13.7. The molecule has 0 radical (unpaired) electrons. The second-order valence-electron chi connectivity index (χ2n) is 3.97. The third-order valence-electron chi connectivity index (χ3n) is 2.32. The first-order valence-electron chi connectivity index (χ1n) is 5.29.